The maximum Gasteiger partial charge on any atom is 0.185 e. The van der Waals surface area contributed by atoms with Crippen molar-refractivity contribution in [1.82, 2.24) is 0 Å². The van der Waals surface area contributed by atoms with E-state index in [9.17, 15) is 4.79 Å². The van der Waals surface area contributed by atoms with Crippen LogP contribution in [-0.4, -0.2) is 5.78 Å². The molecular weight excluding hydrogens is 356 g/mol. The van der Waals surface area contributed by atoms with Crippen LogP contribution in [-0.2, 0) is 5.41 Å². The van der Waals surface area contributed by atoms with Crippen LogP contribution in [0.4, 0.5) is 0 Å². The van der Waals surface area contributed by atoms with Gasteiger partial charge in [-0.3, -0.25) is 4.79 Å². The van der Waals surface area contributed by atoms with Gasteiger partial charge in [0.25, 0.3) is 0 Å². The zero-order valence-electron chi connectivity index (χ0n) is 14.8. The van der Waals surface area contributed by atoms with Gasteiger partial charge in [-0.2, -0.15) is 0 Å². The number of hydrogen-bond acceptors (Lipinski definition) is 2. The SMILES string of the molecule is O=C(/C=C/C1(c2ccc(Cl)cc2)CC1)c1cccc(Oc2ccccc2)c1. The molecule has 1 fully saturated rings. The van der Waals surface area contributed by atoms with Crippen molar-refractivity contribution in [3.05, 3.63) is 107 Å². The van der Waals surface area contributed by atoms with E-state index < -0.39 is 0 Å². The van der Waals surface area contributed by atoms with E-state index in [1.807, 2.05) is 78.9 Å². The third kappa shape index (κ3) is 4.12. The lowest BCUT2D eigenvalue weighted by Gasteiger charge is -2.10. The Morgan fingerprint density at radius 3 is 2.30 bits per heavy atom. The lowest BCUT2D eigenvalue weighted by atomic mass is 9.94. The summed E-state index contributed by atoms with van der Waals surface area (Å²) in [5, 5.41) is 0.727. The Morgan fingerprint density at radius 1 is 0.889 bits per heavy atom. The predicted molar refractivity (Wildman–Crippen MR) is 109 cm³/mol. The summed E-state index contributed by atoms with van der Waals surface area (Å²) >= 11 is 5.98. The van der Waals surface area contributed by atoms with E-state index in [2.05, 4.69) is 0 Å². The Hall–Kier alpha value is -2.84. The second kappa shape index (κ2) is 7.42. The average Bonchev–Trinajstić information content (AvgIpc) is 3.49. The molecule has 2 nitrogen and oxygen atoms in total. The molecule has 1 aliphatic rings. The summed E-state index contributed by atoms with van der Waals surface area (Å²) in [6, 6.07) is 24.7. The zero-order chi connectivity index (χ0) is 18.7. The predicted octanol–water partition coefficient (Wildman–Crippen LogP) is 6.60. The topological polar surface area (TPSA) is 26.3 Å². The van der Waals surface area contributed by atoms with Gasteiger partial charge in [0.1, 0.15) is 11.5 Å². The molecule has 4 rings (SSSR count). The number of carbonyl (C=O) groups excluding carboxylic acids is 1. The fourth-order valence-electron chi connectivity index (χ4n) is 3.14. The molecule has 0 unspecified atom stereocenters. The highest BCUT2D eigenvalue weighted by Gasteiger charge is 2.41. The first-order chi connectivity index (χ1) is 13.1. The molecule has 1 aliphatic carbocycles. The summed E-state index contributed by atoms with van der Waals surface area (Å²) in [4.78, 5) is 12.6. The molecule has 0 bridgehead atoms. The van der Waals surface area contributed by atoms with Crippen molar-refractivity contribution >= 4 is 17.4 Å². The van der Waals surface area contributed by atoms with E-state index in [-0.39, 0.29) is 11.2 Å². The van der Waals surface area contributed by atoms with Gasteiger partial charge in [0.2, 0.25) is 0 Å². The zero-order valence-corrected chi connectivity index (χ0v) is 15.5. The van der Waals surface area contributed by atoms with E-state index in [4.69, 9.17) is 16.3 Å². The number of benzene rings is 3. The second-order valence-corrected chi connectivity index (χ2v) is 7.24. The van der Waals surface area contributed by atoms with Crippen LogP contribution < -0.4 is 4.74 Å². The number of ether oxygens (including phenoxy) is 1. The van der Waals surface area contributed by atoms with Crippen molar-refractivity contribution in [1.29, 1.82) is 0 Å². The molecule has 27 heavy (non-hydrogen) atoms. The van der Waals surface area contributed by atoms with Crippen molar-refractivity contribution in [3.8, 4) is 11.5 Å². The number of hydrogen-bond donors (Lipinski definition) is 0. The Morgan fingerprint density at radius 2 is 1.59 bits per heavy atom. The van der Waals surface area contributed by atoms with Crippen LogP contribution in [0.25, 0.3) is 0 Å². The summed E-state index contributed by atoms with van der Waals surface area (Å²) in [6.07, 6.45) is 5.82. The summed E-state index contributed by atoms with van der Waals surface area (Å²) in [6.45, 7) is 0. The second-order valence-electron chi connectivity index (χ2n) is 6.80. The number of halogens is 1. The first-order valence-corrected chi connectivity index (χ1v) is 9.35. The van der Waals surface area contributed by atoms with E-state index in [1.54, 1.807) is 12.1 Å². The minimum atomic E-state index is -0.0294. The smallest absolute Gasteiger partial charge is 0.185 e. The third-order valence-electron chi connectivity index (χ3n) is 4.86. The van der Waals surface area contributed by atoms with Gasteiger partial charge < -0.3 is 4.74 Å². The molecule has 3 heteroatoms. The molecule has 0 N–H and O–H groups in total. The molecule has 0 saturated heterocycles. The van der Waals surface area contributed by atoms with E-state index in [0.717, 1.165) is 23.6 Å². The molecule has 0 radical (unpaired) electrons. The highest BCUT2D eigenvalue weighted by Crippen LogP contribution is 2.49. The number of carbonyl (C=O) groups is 1. The van der Waals surface area contributed by atoms with Crippen LogP contribution in [0.5, 0.6) is 11.5 Å². The standard InChI is InChI=1S/C24H19ClO2/c25-20-11-9-19(10-12-20)24(15-16-24)14-13-23(26)18-5-4-8-22(17-18)27-21-6-2-1-3-7-21/h1-14,17H,15-16H2/b14-13+. The van der Waals surface area contributed by atoms with Crippen molar-refractivity contribution in [2.75, 3.05) is 0 Å². The Labute approximate surface area is 164 Å². The summed E-state index contributed by atoms with van der Waals surface area (Å²) in [7, 11) is 0. The van der Waals surface area contributed by atoms with Gasteiger partial charge in [-0.25, -0.2) is 0 Å². The number of ketones is 1. The molecule has 0 aliphatic heterocycles. The molecule has 0 heterocycles. The van der Waals surface area contributed by atoms with Gasteiger partial charge in [-0.1, -0.05) is 60.1 Å². The Kier molecular flexibility index (Phi) is 4.83. The molecule has 134 valence electrons. The van der Waals surface area contributed by atoms with E-state index in [0.29, 0.717) is 11.3 Å². The lowest BCUT2D eigenvalue weighted by Crippen LogP contribution is -2.04. The number of allylic oxidation sites excluding steroid dienone is 2. The minimum absolute atomic E-state index is 0.0197. The largest absolute Gasteiger partial charge is 0.457 e. The summed E-state index contributed by atoms with van der Waals surface area (Å²) in [5.41, 5.74) is 1.79. The average molecular weight is 375 g/mol. The van der Waals surface area contributed by atoms with E-state index >= 15 is 0 Å². The molecule has 1 saturated carbocycles. The molecule has 0 atom stereocenters. The van der Waals surface area contributed by atoms with Crippen LogP contribution in [0, 0.1) is 0 Å². The van der Waals surface area contributed by atoms with Crippen LogP contribution in [0.15, 0.2) is 91.0 Å². The Balaban J connectivity index is 1.49. The maximum atomic E-state index is 12.6. The quantitative estimate of drug-likeness (QED) is 0.358. The van der Waals surface area contributed by atoms with Crippen LogP contribution in [0.1, 0.15) is 28.8 Å². The molecule has 3 aromatic carbocycles. The molecular formula is C24H19ClO2. The van der Waals surface area contributed by atoms with Crippen LogP contribution in [0.3, 0.4) is 0 Å². The van der Waals surface area contributed by atoms with Gasteiger partial charge in [0.05, 0.1) is 0 Å². The fraction of sp³-hybridized carbons (Fsp3) is 0.125. The maximum absolute atomic E-state index is 12.6. The van der Waals surface area contributed by atoms with Gasteiger partial charge in [-0.15, -0.1) is 0 Å². The Bertz CT molecular complexity index is 971. The summed E-state index contributed by atoms with van der Waals surface area (Å²) in [5.74, 6) is 1.38. The molecule has 0 spiro atoms. The van der Waals surface area contributed by atoms with Crippen LogP contribution in [0.2, 0.25) is 5.02 Å². The van der Waals surface area contributed by atoms with Crippen molar-refractivity contribution in [2.45, 2.75) is 18.3 Å². The lowest BCUT2D eigenvalue weighted by molar-refractivity contribution is 0.104. The van der Waals surface area contributed by atoms with Crippen LogP contribution >= 0.6 is 11.6 Å². The minimum Gasteiger partial charge on any atom is -0.457 e. The molecule has 0 amide bonds. The van der Waals surface area contributed by atoms with Gasteiger partial charge in [0, 0.05) is 16.0 Å². The fourth-order valence-corrected chi connectivity index (χ4v) is 3.26. The number of rotatable bonds is 6. The first-order valence-electron chi connectivity index (χ1n) is 8.97. The van der Waals surface area contributed by atoms with Gasteiger partial charge in [0.15, 0.2) is 5.78 Å². The van der Waals surface area contributed by atoms with Gasteiger partial charge in [-0.05, 0) is 60.9 Å². The van der Waals surface area contributed by atoms with Gasteiger partial charge >= 0.3 is 0 Å². The van der Waals surface area contributed by atoms with Crippen molar-refractivity contribution in [3.63, 3.8) is 0 Å². The third-order valence-corrected chi connectivity index (χ3v) is 5.11. The van der Waals surface area contributed by atoms with Crippen molar-refractivity contribution in [2.24, 2.45) is 0 Å². The highest BCUT2D eigenvalue weighted by molar-refractivity contribution is 6.30. The van der Waals surface area contributed by atoms with Crippen molar-refractivity contribution < 1.29 is 9.53 Å². The highest BCUT2D eigenvalue weighted by atomic mass is 35.5. The summed E-state index contributed by atoms with van der Waals surface area (Å²) < 4.78 is 5.82. The molecule has 0 aromatic heterocycles. The number of para-hydroxylation sites is 1. The normalized spacial score (nSPS) is 14.9. The monoisotopic (exact) mass is 374 g/mol. The molecule has 3 aromatic rings. The van der Waals surface area contributed by atoms with E-state index in [1.165, 1.54) is 5.56 Å². The first kappa shape index (κ1) is 17.6.